The van der Waals surface area contributed by atoms with Crippen molar-refractivity contribution >= 4 is 39.2 Å². The van der Waals surface area contributed by atoms with Crippen LogP contribution >= 0.6 is 27.7 Å². The van der Waals surface area contributed by atoms with E-state index in [1.165, 1.54) is 11.6 Å². The number of halogens is 2. The molecule has 24 heavy (non-hydrogen) atoms. The number of carbonyl (C=O) groups excluding carboxylic acids is 1. The molecule has 3 unspecified atom stereocenters. The molecular formula is C19H19BrFNOS. The molecule has 4 rings (SSSR count). The zero-order valence-corrected chi connectivity index (χ0v) is 15.7. The van der Waals surface area contributed by atoms with E-state index in [0.717, 1.165) is 42.7 Å². The van der Waals surface area contributed by atoms with E-state index in [1.54, 1.807) is 0 Å². The Morgan fingerprint density at radius 2 is 2.17 bits per heavy atom. The van der Waals surface area contributed by atoms with Gasteiger partial charge in [-0.3, -0.25) is 9.79 Å². The van der Waals surface area contributed by atoms with Crippen molar-refractivity contribution in [1.82, 2.24) is 0 Å². The summed E-state index contributed by atoms with van der Waals surface area (Å²) in [4.78, 5) is 17.5. The highest BCUT2D eigenvalue weighted by atomic mass is 79.9. The molecule has 2 aliphatic heterocycles. The summed E-state index contributed by atoms with van der Waals surface area (Å²) in [7, 11) is 0. The van der Waals surface area contributed by atoms with E-state index in [-0.39, 0.29) is 28.8 Å². The van der Waals surface area contributed by atoms with Gasteiger partial charge in [0.25, 0.3) is 0 Å². The van der Waals surface area contributed by atoms with Crippen molar-refractivity contribution in [3.63, 3.8) is 0 Å². The number of hydrogen-bond acceptors (Lipinski definition) is 3. The van der Waals surface area contributed by atoms with Crippen molar-refractivity contribution in [1.29, 1.82) is 0 Å². The molecule has 2 nitrogen and oxygen atoms in total. The number of ketones is 1. The summed E-state index contributed by atoms with van der Waals surface area (Å²) in [6, 6.07) is 5.40. The lowest BCUT2D eigenvalue weighted by molar-refractivity contribution is -0.113. The van der Waals surface area contributed by atoms with E-state index in [1.807, 2.05) is 23.9 Å². The third-order valence-corrected chi connectivity index (χ3v) is 7.09. The standard InChI is InChI=1S/C19H19BrFNOS/c20-13-10-11(7-8-14(13)21)17-12-4-1-2-5-15(12)22-18-16(23)6-3-9-24-19(17)18/h4,7-8,10,15,17,19H,1-3,5-6,9H2. The van der Waals surface area contributed by atoms with Crippen molar-refractivity contribution in [3.05, 3.63) is 45.7 Å². The molecule has 126 valence electrons. The van der Waals surface area contributed by atoms with Crippen LogP contribution in [0.25, 0.3) is 0 Å². The maximum Gasteiger partial charge on any atom is 0.177 e. The quantitative estimate of drug-likeness (QED) is 0.608. The molecule has 0 bridgehead atoms. The third-order valence-electron chi connectivity index (χ3n) is 5.11. The maximum atomic E-state index is 13.7. The van der Waals surface area contributed by atoms with Gasteiger partial charge in [-0.1, -0.05) is 12.1 Å². The summed E-state index contributed by atoms with van der Waals surface area (Å²) < 4.78 is 14.2. The smallest absolute Gasteiger partial charge is 0.177 e. The molecule has 1 aromatic carbocycles. The van der Waals surface area contributed by atoms with Crippen LogP contribution in [0, 0.1) is 5.82 Å². The van der Waals surface area contributed by atoms with Crippen molar-refractivity contribution in [2.24, 2.45) is 4.99 Å². The number of nitrogens with zero attached hydrogens (tertiary/aromatic N) is 1. The Labute approximate surface area is 154 Å². The van der Waals surface area contributed by atoms with Crippen LogP contribution in [0.3, 0.4) is 0 Å². The number of benzene rings is 1. The van der Waals surface area contributed by atoms with Gasteiger partial charge in [0.2, 0.25) is 0 Å². The fraction of sp³-hybridized carbons (Fsp3) is 0.474. The fourth-order valence-corrected chi connectivity index (χ4v) is 5.80. The van der Waals surface area contributed by atoms with Crippen molar-refractivity contribution < 1.29 is 9.18 Å². The Morgan fingerprint density at radius 3 is 3.00 bits per heavy atom. The van der Waals surface area contributed by atoms with E-state index < -0.39 is 0 Å². The van der Waals surface area contributed by atoms with Crippen LogP contribution in [0.5, 0.6) is 0 Å². The van der Waals surface area contributed by atoms with Crippen LogP contribution in [-0.2, 0) is 4.79 Å². The first-order valence-corrected chi connectivity index (χ1v) is 10.4. The highest BCUT2D eigenvalue weighted by Gasteiger charge is 2.42. The fourth-order valence-electron chi connectivity index (χ4n) is 3.98. The van der Waals surface area contributed by atoms with E-state index in [4.69, 9.17) is 4.99 Å². The van der Waals surface area contributed by atoms with Crippen LogP contribution in [0.2, 0.25) is 0 Å². The topological polar surface area (TPSA) is 29.4 Å². The number of fused-ring (bicyclic) bond motifs is 2. The van der Waals surface area contributed by atoms with Gasteiger partial charge in [0.1, 0.15) is 5.82 Å². The van der Waals surface area contributed by atoms with Crippen LogP contribution in [0.4, 0.5) is 4.39 Å². The van der Waals surface area contributed by atoms with E-state index >= 15 is 0 Å². The van der Waals surface area contributed by atoms with Gasteiger partial charge in [-0.15, -0.1) is 0 Å². The highest BCUT2D eigenvalue weighted by Crippen LogP contribution is 2.46. The minimum absolute atomic E-state index is 0.0676. The average molecular weight is 408 g/mol. The average Bonchev–Trinajstić information content (AvgIpc) is 2.77. The van der Waals surface area contributed by atoms with Crippen LogP contribution in [0.15, 0.2) is 39.3 Å². The second-order valence-corrected chi connectivity index (χ2v) is 8.74. The van der Waals surface area contributed by atoms with E-state index in [9.17, 15) is 9.18 Å². The normalized spacial score (nSPS) is 29.9. The molecule has 0 aromatic heterocycles. The Bertz CT molecular complexity index is 745. The number of aliphatic imine (C=N–C) groups is 1. The van der Waals surface area contributed by atoms with Crippen LogP contribution in [-0.4, -0.2) is 28.5 Å². The molecule has 1 fully saturated rings. The van der Waals surface area contributed by atoms with Gasteiger partial charge in [0, 0.05) is 12.3 Å². The molecule has 3 aliphatic rings. The minimum Gasteiger partial charge on any atom is -0.293 e. The molecule has 1 aromatic rings. The Hall–Kier alpha value is -0.940. The first-order chi connectivity index (χ1) is 11.6. The molecular weight excluding hydrogens is 389 g/mol. The minimum atomic E-state index is -0.248. The Morgan fingerprint density at radius 1 is 1.29 bits per heavy atom. The molecule has 5 heteroatoms. The molecule has 3 atom stereocenters. The van der Waals surface area contributed by atoms with Crippen LogP contribution in [0.1, 0.15) is 43.6 Å². The monoisotopic (exact) mass is 407 g/mol. The summed E-state index contributed by atoms with van der Waals surface area (Å²) in [5.74, 6) is 1.07. The Kier molecular flexibility index (Phi) is 4.65. The summed E-state index contributed by atoms with van der Waals surface area (Å²) in [5.41, 5.74) is 3.18. The highest BCUT2D eigenvalue weighted by molar-refractivity contribution is 9.10. The molecule has 0 spiro atoms. The van der Waals surface area contributed by atoms with Crippen molar-refractivity contribution in [2.75, 3.05) is 5.75 Å². The number of thioether (sulfide) groups is 1. The summed E-state index contributed by atoms with van der Waals surface area (Å²) in [6.45, 7) is 0. The molecule has 0 saturated carbocycles. The molecule has 0 amide bonds. The maximum absolute atomic E-state index is 13.7. The third kappa shape index (κ3) is 2.90. The van der Waals surface area contributed by atoms with Crippen LogP contribution < -0.4 is 0 Å². The summed E-state index contributed by atoms with van der Waals surface area (Å²) >= 11 is 5.16. The molecule has 0 radical (unpaired) electrons. The summed E-state index contributed by atoms with van der Waals surface area (Å²) in [6.07, 6.45) is 7.04. The van der Waals surface area contributed by atoms with Crippen molar-refractivity contribution in [2.45, 2.75) is 49.3 Å². The largest absolute Gasteiger partial charge is 0.293 e. The molecule has 2 heterocycles. The zero-order valence-electron chi connectivity index (χ0n) is 13.3. The number of carbonyl (C=O) groups is 1. The predicted molar refractivity (Wildman–Crippen MR) is 100 cm³/mol. The van der Waals surface area contributed by atoms with Gasteiger partial charge in [0.05, 0.1) is 21.5 Å². The SMILES string of the molecule is O=C1CCCSC2C1=NC1CCCC=C1C2c1ccc(F)c(Br)c1. The lowest BCUT2D eigenvalue weighted by Gasteiger charge is -2.38. The van der Waals surface area contributed by atoms with Gasteiger partial charge in [-0.25, -0.2) is 4.39 Å². The number of Topliss-reactive ketones (excluding diaryl/α,β-unsaturated/α-hetero) is 1. The van der Waals surface area contributed by atoms with Gasteiger partial charge in [0.15, 0.2) is 5.78 Å². The van der Waals surface area contributed by atoms with Gasteiger partial charge in [-0.2, -0.15) is 11.8 Å². The Balaban J connectivity index is 1.84. The zero-order chi connectivity index (χ0) is 16.7. The second-order valence-electron chi connectivity index (χ2n) is 6.63. The lowest BCUT2D eigenvalue weighted by atomic mass is 9.75. The van der Waals surface area contributed by atoms with Crippen molar-refractivity contribution in [3.8, 4) is 0 Å². The van der Waals surface area contributed by atoms with Gasteiger partial charge >= 0.3 is 0 Å². The van der Waals surface area contributed by atoms with E-state index in [0.29, 0.717) is 10.9 Å². The lowest BCUT2D eigenvalue weighted by Crippen LogP contribution is -2.40. The predicted octanol–water partition coefficient (Wildman–Crippen LogP) is 5.07. The molecule has 1 saturated heterocycles. The number of allylic oxidation sites excluding steroid dienone is 1. The number of hydrogen-bond donors (Lipinski definition) is 0. The first kappa shape index (κ1) is 16.5. The van der Waals surface area contributed by atoms with Gasteiger partial charge in [-0.05, 0) is 70.6 Å². The first-order valence-electron chi connectivity index (χ1n) is 8.52. The summed E-state index contributed by atoms with van der Waals surface area (Å²) in [5, 5.41) is 0.0676. The van der Waals surface area contributed by atoms with Gasteiger partial charge < -0.3 is 0 Å². The number of rotatable bonds is 1. The molecule has 0 N–H and O–H groups in total. The second kappa shape index (κ2) is 6.75. The molecule has 1 aliphatic carbocycles. The van der Waals surface area contributed by atoms with E-state index in [2.05, 4.69) is 22.0 Å².